The number of hydrogen-bond donors (Lipinski definition) is 5. The molecule has 6 heterocycles. The lowest BCUT2D eigenvalue weighted by Gasteiger charge is -2.40. The Morgan fingerprint density at radius 2 is 1.72 bits per heavy atom. The smallest absolute Gasteiger partial charge is 0.450 e. The Morgan fingerprint density at radius 1 is 1.00 bits per heavy atom. The number of phosphoric acid groups is 1. The minimum Gasteiger partial charge on any atom is -0.450 e. The van der Waals surface area contributed by atoms with Crippen molar-refractivity contribution in [1.82, 2.24) is 39.0 Å². The molecule has 0 spiro atoms. The number of aliphatic hydroxyl groups excluding tert-OH is 1. The first kappa shape index (κ1) is 49.9. The van der Waals surface area contributed by atoms with Gasteiger partial charge >= 0.3 is 14.0 Å². The van der Waals surface area contributed by atoms with E-state index in [1.54, 1.807) is 44.2 Å². The second kappa shape index (κ2) is 20.3. The van der Waals surface area contributed by atoms with Crippen LogP contribution in [0.1, 0.15) is 63.9 Å². The van der Waals surface area contributed by atoms with Crippen LogP contribution in [0.3, 0.4) is 0 Å². The number of carboxylic acid groups (broad SMARTS) is 1. The third-order valence-corrected chi connectivity index (χ3v) is 17.6. The Kier molecular flexibility index (Phi) is 14.9. The highest BCUT2D eigenvalue weighted by Gasteiger charge is 2.54. The number of carbonyl (C=O) groups excluding carboxylic acids is 2. The second-order valence-corrected chi connectivity index (χ2v) is 24.0. The predicted molar refractivity (Wildman–Crippen MR) is 242 cm³/mol. The fourth-order valence-electron chi connectivity index (χ4n) is 7.10. The van der Waals surface area contributed by atoms with E-state index >= 15 is 0 Å². The molecule has 2 fully saturated rings. The third-order valence-electron chi connectivity index (χ3n) is 11.6. The van der Waals surface area contributed by atoms with Crippen LogP contribution in [0.5, 0.6) is 0 Å². The molecular formula is C41H52N11O14PSi. The van der Waals surface area contributed by atoms with Crippen molar-refractivity contribution in [3.05, 3.63) is 76.6 Å². The van der Waals surface area contributed by atoms with Gasteiger partial charge in [-0.05, 0) is 30.3 Å². The molecule has 25 nitrogen and oxygen atoms in total. The summed E-state index contributed by atoms with van der Waals surface area (Å²) >= 11 is 0. The molecule has 1 aromatic carbocycles. The van der Waals surface area contributed by atoms with Gasteiger partial charge in [0.15, 0.2) is 48.8 Å². The highest BCUT2D eigenvalue weighted by Crippen LogP contribution is 2.54. The number of carbonyl (C=O) groups is 3. The Balaban J connectivity index is 1.17. The lowest BCUT2D eigenvalue weighted by atomic mass is 10.1. The number of anilines is 2. The van der Waals surface area contributed by atoms with Crippen LogP contribution in [0, 0.1) is 12.5 Å². The van der Waals surface area contributed by atoms with E-state index in [2.05, 4.69) is 45.4 Å². The van der Waals surface area contributed by atoms with E-state index in [0.29, 0.717) is 5.56 Å². The first-order valence-corrected chi connectivity index (χ1v) is 25.8. The standard InChI is InChI=1S/C41H52N11O14PSi/c1-22(2)35(54)49-39-48-34-29(37(56)50-39)46-21-52(34)38-31(64-40(57)58)30(66-68(7,8)41(3,4)5)26(63-38)18-61-67(59,60-15-14-42-6)65-24-16-27(62-25(24)17-53)51-20-45-28-32(43-19-44-33(28)51)47-36(55)23-12-10-9-11-13-23/h9-13,19-22,24-27,30-31,38,53H,14-18H2,1-5,7-8H3,(H,57,58)(H,43,44,47,55)(H2,48,49,50,54,56)/t24-,25+,26+,27+,30+,31+,38+,67?/m0/s1. The molecule has 2 aliphatic rings. The molecule has 8 atom stereocenters. The molecule has 2 aliphatic heterocycles. The Morgan fingerprint density at radius 3 is 2.40 bits per heavy atom. The Hall–Kier alpha value is -6.01. The summed E-state index contributed by atoms with van der Waals surface area (Å²) in [5, 5.41) is 25.4. The zero-order valence-corrected chi connectivity index (χ0v) is 40.0. The van der Waals surface area contributed by atoms with E-state index < -0.39 is 113 Å². The van der Waals surface area contributed by atoms with Gasteiger partial charge in [0.2, 0.25) is 18.4 Å². The molecule has 0 saturated carbocycles. The summed E-state index contributed by atoms with van der Waals surface area (Å²) in [6.45, 7) is 18.4. The number of hydrogen-bond acceptors (Lipinski definition) is 18. The van der Waals surface area contributed by atoms with Crippen molar-refractivity contribution in [2.45, 2.75) is 102 Å². The van der Waals surface area contributed by atoms with Crippen LogP contribution in [0.15, 0.2) is 54.1 Å². The molecule has 2 amide bonds. The van der Waals surface area contributed by atoms with Crippen LogP contribution in [0.2, 0.25) is 18.1 Å². The largest absolute Gasteiger partial charge is 0.506 e. The van der Waals surface area contributed by atoms with Gasteiger partial charge in [0, 0.05) is 17.9 Å². The lowest BCUT2D eigenvalue weighted by Crippen LogP contribution is -2.50. The number of benzene rings is 1. The van der Waals surface area contributed by atoms with Gasteiger partial charge in [-0.2, -0.15) is 4.98 Å². The van der Waals surface area contributed by atoms with Crippen LogP contribution in [0.4, 0.5) is 16.6 Å². The van der Waals surface area contributed by atoms with E-state index in [1.165, 1.54) is 28.1 Å². The van der Waals surface area contributed by atoms with Gasteiger partial charge < -0.3 is 39.0 Å². The van der Waals surface area contributed by atoms with Gasteiger partial charge in [-0.3, -0.25) is 47.4 Å². The number of imidazole rings is 2. The maximum atomic E-state index is 14.7. The van der Waals surface area contributed by atoms with Crippen molar-refractivity contribution < 1.29 is 61.4 Å². The average molecular weight is 982 g/mol. The summed E-state index contributed by atoms with van der Waals surface area (Å²) in [7, 11) is -7.59. The fourth-order valence-corrected chi connectivity index (χ4v) is 9.80. The van der Waals surface area contributed by atoms with Gasteiger partial charge in [-0.1, -0.05) is 52.8 Å². The number of H-pyrrole nitrogens is 1. The molecule has 0 radical (unpaired) electrons. The molecule has 27 heteroatoms. The SMILES string of the molecule is [C-]#[N+]CCOP(=O)(OC[C@H]1O[C@@H](n2cnc3c(=O)[nH]c(NC(=O)C(C)C)nc32)[C@H](OC(=O)O)[C@@H]1O[Si](C)(C)C(C)(C)C)O[C@H]1C[C@H](n2cnc3c(NC(=O)c4ccccc4)ncnc32)O[C@@H]1CO. The molecular weight excluding hydrogens is 930 g/mol. The monoisotopic (exact) mass is 981 g/mol. The maximum Gasteiger partial charge on any atom is 0.506 e. The number of nitrogens with one attached hydrogen (secondary N) is 3. The summed E-state index contributed by atoms with van der Waals surface area (Å²) in [5.41, 5.74) is -0.0846. The van der Waals surface area contributed by atoms with Crippen LogP contribution in [-0.2, 0) is 41.6 Å². The van der Waals surface area contributed by atoms with Crippen molar-refractivity contribution in [3.63, 3.8) is 0 Å². The zero-order valence-electron chi connectivity index (χ0n) is 38.1. The Labute approximate surface area is 389 Å². The third kappa shape index (κ3) is 10.8. The topological polar surface area (TPSA) is 309 Å². The molecule has 0 aliphatic carbocycles. The van der Waals surface area contributed by atoms with E-state index in [-0.39, 0.29) is 47.1 Å². The maximum absolute atomic E-state index is 14.7. The number of fused-ring (bicyclic) bond motifs is 2. The number of amides is 2. The van der Waals surface area contributed by atoms with Crippen molar-refractivity contribution in [3.8, 4) is 0 Å². The van der Waals surface area contributed by atoms with E-state index in [4.69, 9.17) is 38.8 Å². The molecule has 0 bridgehead atoms. The van der Waals surface area contributed by atoms with Gasteiger partial charge in [-0.15, -0.1) is 0 Å². The van der Waals surface area contributed by atoms with Crippen molar-refractivity contribution >= 4 is 68.2 Å². The molecule has 4 aromatic heterocycles. The highest BCUT2D eigenvalue weighted by atomic mass is 31.2. The normalized spacial score (nSPS) is 22.9. The number of nitrogens with zero attached hydrogens (tertiary/aromatic N) is 8. The van der Waals surface area contributed by atoms with Crippen molar-refractivity contribution in [2.24, 2.45) is 5.92 Å². The predicted octanol–water partition coefficient (Wildman–Crippen LogP) is 4.88. The zero-order chi connectivity index (χ0) is 49.1. The number of ether oxygens (including phenoxy) is 3. The Bertz CT molecular complexity index is 2790. The minimum absolute atomic E-state index is 0.0565. The van der Waals surface area contributed by atoms with Crippen LogP contribution in [0.25, 0.3) is 27.2 Å². The highest BCUT2D eigenvalue weighted by molar-refractivity contribution is 7.48. The van der Waals surface area contributed by atoms with Gasteiger partial charge in [-0.25, -0.2) is 35.9 Å². The molecule has 1 unspecified atom stereocenters. The van der Waals surface area contributed by atoms with Gasteiger partial charge in [0.05, 0.1) is 25.9 Å². The van der Waals surface area contributed by atoms with Crippen LogP contribution in [-0.4, -0.2) is 132 Å². The van der Waals surface area contributed by atoms with E-state index in [1.807, 2.05) is 33.9 Å². The summed E-state index contributed by atoms with van der Waals surface area (Å²) in [6, 6.07) is 8.51. The average Bonchev–Trinajstić information content (AvgIpc) is 4.08. The molecule has 2 saturated heterocycles. The lowest BCUT2D eigenvalue weighted by molar-refractivity contribution is -0.118. The first-order chi connectivity index (χ1) is 32.2. The van der Waals surface area contributed by atoms with Crippen molar-refractivity contribution in [1.29, 1.82) is 0 Å². The summed E-state index contributed by atoms with van der Waals surface area (Å²) in [6.07, 6.45) is -6.52. The molecule has 364 valence electrons. The van der Waals surface area contributed by atoms with Crippen LogP contribution >= 0.6 is 7.82 Å². The fraction of sp³-hybridized carbons (Fsp3) is 0.512. The first-order valence-electron chi connectivity index (χ1n) is 21.4. The van der Waals surface area contributed by atoms with E-state index in [0.717, 1.165) is 0 Å². The number of aromatic amines is 1. The second-order valence-electron chi connectivity index (χ2n) is 17.7. The molecule has 5 N–H and O–H groups in total. The summed E-state index contributed by atoms with van der Waals surface area (Å²) < 4.78 is 60.2. The molecule has 5 aromatic rings. The van der Waals surface area contributed by atoms with Crippen molar-refractivity contribution in [2.75, 3.05) is 37.0 Å². The number of rotatable bonds is 18. The number of aliphatic hydroxyl groups is 1. The quantitative estimate of drug-likeness (QED) is 0.0257. The number of aromatic nitrogens is 8. The summed E-state index contributed by atoms with van der Waals surface area (Å²) in [4.78, 5) is 78.4. The van der Waals surface area contributed by atoms with E-state index in [9.17, 15) is 34.0 Å². The number of phosphoric ester groups is 1. The molecule has 7 rings (SSSR count). The summed E-state index contributed by atoms with van der Waals surface area (Å²) in [5.74, 6) is -1.40. The van der Waals surface area contributed by atoms with Gasteiger partial charge in [0.1, 0.15) is 43.6 Å². The molecule has 68 heavy (non-hydrogen) atoms. The minimum atomic E-state index is -4.75. The van der Waals surface area contributed by atoms with Crippen LogP contribution < -0.4 is 16.2 Å². The van der Waals surface area contributed by atoms with Gasteiger partial charge in [0.25, 0.3) is 11.5 Å².